The molecule has 0 saturated carbocycles. The van der Waals surface area contributed by atoms with Gasteiger partial charge in [-0.2, -0.15) is 0 Å². The molecule has 0 amide bonds. The Labute approximate surface area is 111 Å². The summed E-state index contributed by atoms with van der Waals surface area (Å²) in [5.74, 6) is -1.21. The van der Waals surface area contributed by atoms with Crippen LogP contribution in [0.15, 0.2) is 24.3 Å². The van der Waals surface area contributed by atoms with Gasteiger partial charge in [-0.1, -0.05) is 12.2 Å². The topological polar surface area (TPSA) is 58.9 Å². The van der Waals surface area contributed by atoms with Gasteiger partial charge in [-0.05, 0) is 32.0 Å². The number of aromatic hydroxyl groups is 1. The fourth-order valence-corrected chi connectivity index (χ4v) is 1.87. The molecule has 1 unspecified atom stereocenters. The predicted molar refractivity (Wildman–Crippen MR) is 68.0 cm³/mol. The Morgan fingerprint density at radius 1 is 1.47 bits per heavy atom. The van der Waals surface area contributed by atoms with Crippen molar-refractivity contribution in [3.05, 3.63) is 35.7 Å². The number of hydrogen-bond acceptors (Lipinski definition) is 4. The molecule has 1 saturated heterocycles. The van der Waals surface area contributed by atoms with Crippen molar-refractivity contribution >= 4 is 6.08 Å². The van der Waals surface area contributed by atoms with E-state index >= 15 is 0 Å². The van der Waals surface area contributed by atoms with Crippen LogP contribution in [0, 0.1) is 5.82 Å². The molecule has 5 heteroatoms. The average molecular weight is 268 g/mol. The zero-order valence-electron chi connectivity index (χ0n) is 10.8. The lowest BCUT2D eigenvalue weighted by molar-refractivity contribution is -0.147. The van der Waals surface area contributed by atoms with Crippen molar-refractivity contribution in [2.24, 2.45) is 0 Å². The molecule has 19 heavy (non-hydrogen) atoms. The number of hydrogen-bond donors (Lipinski definition) is 2. The third-order valence-electron chi connectivity index (χ3n) is 2.87. The van der Waals surface area contributed by atoms with Gasteiger partial charge in [0.15, 0.2) is 5.79 Å². The zero-order chi connectivity index (χ0) is 14.0. The Balaban J connectivity index is 2.04. The summed E-state index contributed by atoms with van der Waals surface area (Å²) in [6.45, 7) is 3.82. The first-order valence-electron chi connectivity index (χ1n) is 6.04. The van der Waals surface area contributed by atoms with Crippen LogP contribution in [-0.4, -0.2) is 34.8 Å². The van der Waals surface area contributed by atoms with E-state index in [2.05, 4.69) is 0 Å². The second-order valence-corrected chi connectivity index (χ2v) is 4.92. The maximum Gasteiger partial charge on any atom is 0.163 e. The minimum atomic E-state index is -0.885. The van der Waals surface area contributed by atoms with Gasteiger partial charge in [0, 0.05) is 5.56 Å². The van der Waals surface area contributed by atoms with E-state index < -0.39 is 23.8 Å². The van der Waals surface area contributed by atoms with Gasteiger partial charge in [-0.3, -0.25) is 0 Å². The van der Waals surface area contributed by atoms with Crippen molar-refractivity contribution in [3.63, 3.8) is 0 Å². The first-order chi connectivity index (χ1) is 8.87. The van der Waals surface area contributed by atoms with Crippen molar-refractivity contribution in [1.82, 2.24) is 0 Å². The summed E-state index contributed by atoms with van der Waals surface area (Å²) >= 11 is 0. The third-order valence-corrected chi connectivity index (χ3v) is 2.87. The van der Waals surface area contributed by atoms with E-state index in [1.165, 1.54) is 30.4 Å². The molecule has 1 aliphatic heterocycles. The standard InChI is InChI=1S/C14H17FO4/c1-14(2)18-8-13(19-14)12(17)5-3-9-7-10(15)4-6-11(9)16/h3-7,12-13,16-17H,8H2,1-2H3/b5-3+/t12?,13-/m1/s1. The van der Waals surface area contributed by atoms with E-state index in [1.807, 2.05) is 0 Å². The largest absolute Gasteiger partial charge is 0.507 e. The first-order valence-corrected chi connectivity index (χ1v) is 6.04. The summed E-state index contributed by atoms with van der Waals surface area (Å²) in [7, 11) is 0. The van der Waals surface area contributed by atoms with Gasteiger partial charge < -0.3 is 19.7 Å². The van der Waals surface area contributed by atoms with Crippen molar-refractivity contribution < 1.29 is 24.1 Å². The molecule has 4 nitrogen and oxygen atoms in total. The van der Waals surface area contributed by atoms with Gasteiger partial charge in [0.05, 0.1) is 6.61 Å². The number of phenols is 1. The summed E-state index contributed by atoms with van der Waals surface area (Å²) in [5.41, 5.74) is 0.303. The van der Waals surface area contributed by atoms with Crippen LogP contribution in [0.1, 0.15) is 19.4 Å². The molecule has 0 radical (unpaired) electrons. The molecule has 2 N–H and O–H groups in total. The maximum absolute atomic E-state index is 13.0. The molecule has 1 aliphatic rings. The fourth-order valence-electron chi connectivity index (χ4n) is 1.87. The van der Waals surface area contributed by atoms with Crippen molar-refractivity contribution in [3.8, 4) is 5.75 Å². The lowest BCUT2D eigenvalue weighted by atomic mass is 10.1. The monoisotopic (exact) mass is 268 g/mol. The Bertz CT molecular complexity index is 484. The maximum atomic E-state index is 13.0. The summed E-state index contributed by atoms with van der Waals surface area (Å²) in [5, 5.41) is 19.5. The summed E-state index contributed by atoms with van der Waals surface area (Å²) in [4.78, 5) is 0. The van der Waals surface area contributed by atoms with Gasteiger partial charge in [-0.25, -0.2) is 4.39 Å². The van der Waals surface area contributed by atoms with E-state index in [-0.39, 0.29) is 12.4 Å². The molecule has 2 rings (SSSR count). The van der Waals surface area contributed by atoms with Crippen LogP contribution >= 0.6 is 0 Å². The van der Waals surface area contributed by atoms with E-state index in [0.29, 0.717) is 5.56 Å². The van der Waals surface area contributed by atoms with Gasteiger partial charge >= 0.3 is 0 Å². The first kappa shape index (κ1) is 14.0. The Kier molecular flexibility index (Phi) is 3.89. The summed E-state index contributed by atoms with van der Waals surface area (Å²) in [6.07, 6.45) is 1.55. The summed E-state index contributed by atoms with van der Waals surface area (Å²) < 4.78 is 23.9. The summed E-state index contributed by atoms with van der Waals surface area (Å²) in [6, 6.07) is 3.62. The smallest absolute Gasteiger partial charge is 0.163 e. The van der Waals surface area contributed by atoms with Gasteiger partial charge in [0.1, 0.15) is 23.8 Å². The lowest BCUT2D eigenvalue weighted by Gasteiger charge is -2.18. The van der Waals surface area contributed by atoms with Crippen LogP contribution in [0.4, 0.5) is 4.39 Å². The second-order valence-electron chi connectivity index (χ2n) is 4.92. The molecular weight excluding hydrogens is 251 g/mol. The zero-order valence-corrected chi connectivity index (χ0v) is 10.8. The Morgan fingerprint density at radius 3 is 2.84 bits per heavy atom. The molecule has 1 aromatic carbocycles. The number of halogens is 1. The van der Waals surface area contributed by atoms with Crippen LogP contribution in [0.3, 0.4) is 0 Å². The molecule has 0 bridgehead atoms. The highest BCUT2D eigenvalue weighted by Crippen LogP contribution is 2.25. The fraction of sp³-hybridized carbons (Fsp3) is 0.429. The second kappa shape index (κ2) is 5.28. The quantitative estimate of drug-likeness (QED) is 0.881. The molecule has 1 heterocycles. The molecule has 0 aliphatic carbocycles. The van der Waals surface area contributed by atoms with Crippen LogP contribution in [0.2, 0.25) is 0 Å². The lowest BCUT2D eigenvalue weighted by Crippen LogP contribution is -2.29. The van der Waals surface area contributed by atoms with E-state index in [4.69, 9.17) is 9.47 Å². The van der Waals surface area contributed by atoms with Gasteiger partial charge in [0.2, 0.25) is 0 Å². The Morgan fingerprint density at radius 2 is 2.21 bits per heavy atom. The van der Waals surface area contributed by atoms with Gasteiger partial charge in [-0.15, -0.1) is 0 Å². The Hall–Kier alpha value is -1.43. The molecule has 2 atom stereocenters. The van der Waals surface area contributed by atoms with Gasteiger partial charge in [0.25, 0.3) is 0 Å². The number of benzene rings is 1. The highest BCUT2D eigenvalue weighted by Gasteiger charge is 2.35. The van der Waals surface area contributed by atoms with E-state index in [0.717, 1.165) is 0 Å². The van der Waals surface area contributed by atoms with E-state index in [9.17, 15) is 14.6 Å². The SMILES string of the molecule is CC1(C)OC[C@H](C(O)/C=C/c2cc(F)ccc2O)O1. The number of aliphatic hydroxyl groups excluding tert-OH is 1. The van der Waals surface area contributed by atoms with Crippen molar-refractivity contribution in [2.45, 2.75) is 31.8 Å². The molecular formula is C14H17FO4. The van der Waals surface area contributed by atoms with Crippen LogP contribution < -0.4 is 0 Å². The van der Waals surface area contributed by atoms with Crippen LogP contribution in [0.5, 0.6) is 5.75 Å². The number of aliphatic hydroxyl groups is 1. The minimum absolute atomic E-state index is 0.0474. The highest BCUT2D eigenvalue weighted by atomic mass is 19.1. The number of phenolic OH excluding ortho intramolecular Hbond substituents is 1. The minimum Gasteiger partial charge on any atom is -0.507 e. The van der Waals surface area contributed by atoms with Crippen LogP contribution in [0.25, 0.3) is 6.08 Å². The number of rotatable bonds is 3. The highest BCUT2D eigenvalue weighted by molar-refractivity contribution is 5.57. The predicted octanol–water partition coefficient (Wildman–Crippen LogP) is 2.06. The van der Waals surface area contributed by atoms with E-state index in [1.54, 1.807) is 13.8 Å². The van der Waals surface area contributed by atoms with Crippen molar-refractivity contribution in [2.75, 3.05) is 6.61 Å². The average Bonchev–Trinajstić information content (AvgIpc) is 2.70. The molecule has 1 fully saturated rings. The molecule has 0 aromatic heterocycles. The molecule has 104 valence electrons. The third kappa shape index (κ3) is 3.53. The number of ether oxygens (including phenoxy) is 2. The van der Waals surface area contributed by atoms with Crippen molar-refractivity contribution in [1.29, 1.82) is 0 Å². The normalized spacial score (nSPS) is 23.9. The van der Waals surface area contributed by atoms with Crippen LogP contribution in [-0.2, 0) is 9.47 Å². The molecule has 0 spiro atoms. The molecule has 1 aromatic rings.